The van der Waals surface area contributed by atoms with Gasteiger partial charge in [-0.05, 0) is 70.5 Å². The van der Waals surface area contributed by atoms with Gasteiger partial charge in [0.1, 0.15) is 17.3 Å². The maximum atomic E-state index is 12.9. The SMILES string of the molecule is COc1ccc(N2CCN(C(CNC(=O)c3cc(OC)ccc3Br)c3ccco3)CC2)cc1. The summed E-state index contributed by atoms with van der Waals surface area (Å²) in [5.41, 5.74) is 1.72. The summed E-state index contributed by atoms with van der Waals surface area (Å²) in [4.78, 5) is 17.6. The summed E-state index contributed by atoms with van der Waals surface area (Å²) in [6.45, 7) is 3.93. The summed E-state index contributed by atoms with van der Waals surface area (Å²) < 4.78 is 17.0. The van der Waals surface area contributed by atoms with Crippen molar-refractivity contribution in [3.8, 4) is 11.5 Å². The van der Waals surface area contributed by atoms with Crippen LogP contribution in [0.3, 0.4) is 0 Å². The number of furan rings is 1. The van der Waals surface area contributed by atoms with Gasteiger partial charge in [0.05, 0.1) is 32.1 Å². The van der Waals surface area contributed by atoms with Gasteiger partial charge >= 0.3 is 0 Å². The Labute approximate surface area is 202 Å². The third-order valence-electron chi connectivity index (χ3n) is 5.94. The number of piperazine rings is 1. The van der Waals surface area contributed by atoms with E-state index in [0.29, 0.717) is 17.9 Å². The molecular formula is C25H28BrN3O4. The summed E-state index contributed by atoms with van der Waals surface area (Å²) >= 11 is 3.46. The van der Waals surface area contributed by atoms with Gasteiger partial charge in [0, 0.05) is 42.9 Å². The van der Waals surface area contributed by atoms with E-state index in [2.05, 4.69) is 43.2 Å². The van der Waals surface area contributed by atoms with Gasteiger partial charge in [-0.25, -0.2) is 0 Å². The van der Waals surface area contributed by atoms with E-state index in [1.165, 1.54) is 5.69 Å². The first-order valence-electron chi connectivity index (χ1n) is 10.9. The monoisotopic (exact) mass is 513 g/mol. The number of ether oxygens (including phenoxy) is 2. The highest BCUT2D eigenvalue weighted by molar-refractivity contribution is 9.10. The number of hydrogen-bond acceptors (Lipinski definition) is 6. The Kier molecular flexibility index (Phi) is 7.57. The van der Waals surface area contributed by atoms with Crippen LogP contribution in [0.4, 0.5) is 5.69 Å². The third kappa shape index (κ3) is 5.51. The minimum absolute atomic E-state index is 0.0497. The molecule has 1 unspecified atom stereocenters. The highest BCUT2D eigenvalue weighted by Crippen LogP contribution is 2.26. The van der Waals surface area contributed by atoms with Gasteiger partial charge in [-0.1, -0.05) is 0 Å². The molecule has 0 saturated carbocycles. The fourth-order valence-corrected chi connectivity index (χ4v) is 4.49. The Hall–Kier alpha value is -2.97. The average molecular weight is 514 g/mol. The van der Waals surface area contributed by atoms with Crippen molar-refractivity contribution in [3.05, 3.63) is 76.7 Å². The number of carbonyl (C=O) groups is 1. The van der Waals surface area contributed by atoms with Crippen LogP contribution in [-0.4, -0.2) is 57.8 Å². The number of anilines is 1. The Bertz CT molecular complexity index is 1050. The van der Waals surface area contributed by atoms with Gasteiger partial charge in [-0.3, -0.25) is 9.69 Å². The maximum absolute atomic E-state index is 12.9. The zero-order valence-electron chi connectivity index (χ0n) is 18.8. The van der Waals surface area contributed by atoms with Crippen LogP contribution in [-0.2, 0) is 0 Å². The molecular weight excluding hydrogens is 486 g/mol. The molecule has 4 rings (SSSR count). The highest BCUT2D eigenvalue weighted by atomic mass is 79.9. The maximum Gasteiger partial charge on any atom is 0.252 e. The fraction of sp³-hybridized carbons (Fsp3) is 0.320. The van der Waals surface area contributed by atoms with E-state index in [1.54, 1.807) is 26.5 Å². The second-order valence-electron chi connectivity index (χ2n) is 7.81. The van der Waals surface area contributed by atoms with Gasteiger partial charge in [0.25, 0.3) is 5.91 Å². The lowest BCUT2D eigenvalue weighted by atomic mass is 10.1. The van der Waals surface area contributed by atoms with E-state index in [1.807, 2.05) is 36.4 Å². The van der Waals surface area contributed by atoms with E-state index in [4.69, 9.17) is 13.9 Å². The van der Waals surface area contributed by atoms with Crippen LogP contribution in [0.15, 0.2) is 69.8 Å². The average Bonchev–Trinajstić information content (AvgIpc) is 3.39. The molecule has 0 aliphatic carbocycles. The predicted molar refractivity (Wildman–Crippen MR) is 131 cm³/mol. The molecule has 0 spiro atoms. The fourth-order valence-electron chi connectivity index (χ4n) is 4.07. The van der Waals surface area contributed by atoms with Crippen LogP contribution < -0.4 is 19.7 Å². The number of benzene rings is 2. The first-order valence-corrected chi connectivity index (χ1v) is 11.7. The van der Waals surface area contributed by atoms with Crippen molar-refractivity contribution in [2.24, 2.45) is 0 Å². The molecule has 1 aromatic heterocycles. The number of halogens is 1. The van der Waals surface area contributed by atoms with Gasteiger partial charge < -0.3 is 24.1 Å². The second-order valence-corrected chi connectivity index (χ2v) is 8.66. The van der Waals surface area contributed by atoms with Crippen LogP contribution >= 0.6 is 15.9 Å². The van der Waals surface area contributed by atoms with Crippen LogP contribution in [0.25, 0.3) is 0 Å². The summed E-state index contributed by atoms with van der Waals surface area (Å²) in [7, 11) is 3.26. The molecule has 1 N–H and O–H groups in total. The number of nitrogens with one attached hydrogen (secondary N) is 1. The molecule has 1 saturated heterocycles. The molecule has 1 amide bonds. The van der Waals surface area contributed by atoms with Gasteiger partial charge in [-0.2, -0.15) is 0 Å². The molecule has 7 nitrogen and oxygen atoms in total. The molecule has 0 bridgehead atoms. The molecule has 1 aliphatic heterocycles. The number of amides is 1. The summed E-state index contributed by atoms with van der Waals surface area (Å²) in [6, 6.07) is 17.3. The lowest BCUT2D eigenvalue weighted by Gasteiger charge is -2.39. The van der Waals surface area contributed by atoms with Crippen LogP contribution in [0.2, 0.25) is 0 Å². The molecule has 3 aromatic rings. The summed E-state index contributed by atoms with van der Waals surface area (Å²) in [5.74, 6) is 2.18. The van der Waals surface area contributed by atoms with E-state index < -0.39 is 0 Å². The van der Waals surface area contributed by atoms with Crippen molar-refractivity contribution in [1.82, 2.24) is 10.2 Å². The van der Waals surface area contributed by atoms with E-state index in [-0.39, 0.29) is 11.9 Å². The summed E-state index contributed by atoms with van der Waals surface area (Å²) in [5, 5.41) is 3.08. The largest absolute Gasteiger partial charge is 0.497 e. The van der Waals surface area contributed by atoms with E-state index in [9.17, 15) is 4.79 Å². The first kappa shape index (κ1) is 23.2. The molecule has 33 heavy (non-hydrogen) atoms. The number of carbonyl (C=O) groups excluding carboxylic acids is 1. The topological polar surface area (TPSA) is 67.2 Å². The lowest BCUT2D eigenvalue weighted by Crippen LogP contribution is -2.49. The van der Waals surface area contributed by atoms with Crippen molar-refractivity contribution in [3.63, 3.8) is 0 Å². The molecule has 1 aliphatic rings. The minimum atomic E-state index is -0.158. The molecule has 2 heterocycles. The van der Waals surface area contributed by atoms with Gasteiger partial charge in [0.15, 0.2) is 0 Å². The number of hydrogen-bond donors (Lipinski definition) is 1. The lowest BCUT2D eigenvalue weighted by molar-refractivity contribution is 0.0921. The smallest absolute Gasteiger partial charge is 0.252 e. The van der Waals surface area contributed by atoms with Crippen molar-refractivity contribution in [2.45, 2.75) is 6.04 Å². The molecule has 174 valence electrons. The molecule has 0 radical (unpaired) electrons. The van der Waals surface area contributed by atoms with Gasteiger partial charge in [0.2, 0.25) is 0 Å². The third-order valence-corrected chi connectivity index (χ3v) is 6.63. The predicted octanol–water partition coefficient (Wildman–Crippen LogP) is 4.35. The number of rotatable bonds is 8. The number of methoxy groups -OCH3 is 2. The van der Waals surface area contributed by atoms with Crippen LogP contribution in [0.1, 0.15) is 22.2 Å². The molecule has 1 atom stereocenters. The second kappa shape index (κ2) is 10.8. The normalized spacial score (nSPS) is 15.2. The zero-order valence-corrected chi connectivity index (χ0v) is 20.4. The standard InChI is InChI=1S/C25H28BrN3O4/c1-31-19-7-5-18(6-8-19)28-11-13-29(14-12-28)23(24-4-3-15-33-24)17-27-25(30)21-16-20(32-2)9-10-22(21)26/h3-10,15-16,23H,11-14,17H2,1-2H3,(H,27,30). The van der Waals surface area contributed by atoms with Crippen LogP contribution in [0.5, 0.6) is 11.5 Å². The minimum Gasteiger partial charge on any atom is -0.497 e. The van der Waals surface area contributed by atoms with Crippen molar-refractivity contribution < 1.29 is 18.7 Å². The van der Waals surface area contributed by atoms with E-state index in [0.717, 1.165) is 42.2 Å². The van der Waals surface area contributed by atoms with E-state index >= 15 is 0 Å². The molecule has 8 heteroatoms. The zero-order chi connectivity index (χ0) is 23.2. The molecule has 1 fully saturated rings. The Morgan fingerprint density at radius 2 is 1.73 bits per heavy atom. The highest BCUT2D eigenvalue weighted by Gasteiger charge is 2.28. The Morgan fingerprint density at radius 1 is 1.03 bits per heavy atom. The van der Waals surface area contributed by atoms with Crippen molar-refractivity contribution in [1.29, 1.82) is 0 Å². The van der Waals surface area contributed by atoms with Crippen molar-refractivity contribution in [2.75, 3.05) is 51.8 Å². The first-order chi connectivity index (χ1) is 16.1. The Morgan fingerprint density at radius 3 is 2.36 bits per heavy atom. The quantitative estimate of drug-likeness (QED) is 0.482. The van der Waals surface area contributed by atoms with Crippen molar-refractivity contribution >= 4 is 27.5 Å². The Balaban J connectivity index is 1.41. The number of nitrogens with zero attached hydrogens (tertiary/aromatic N) is 2. The van der Waals surface area contributed by atoms with Gasteiger partial charge in [-0.15, -0.1) is 0 Å². The van der Waals surface area contributed by atoms with Crippen LogP contribution in [0, 0.1) is 0 Å². The molecule has 2 aromatic carbocycles. The summed E-state index contributed by atoms with van der Waals surface area (Å²) in [6.07, 6.45) is 1.68.